The van der Waals surface area contributed by atoms with Gasteiger partial charge in [-0.1, -0.05) is 13.8 Å². The van der Waals surface area contributed by atoms with Crippen LogP contribution in [0.1, 0.15) is 34.1 Å². The lowest BCUT2D eigenvalue weighted by atomic mass is 9.54. The minimum Gasteiger partial charge on any atom is -0.378 e. The molecule has 1 saturated carbocycles. The predicted octanol–water partition coefficient (Wildman–Crippen LogP) is 0.766. The lowest BCUT2D eigenvalue weighted by Crippen LogP contribution is -2.77. The fourth-order valence-corrected chi connectivity index (χ4v) is 3.08. The quantitative estimate of drug-likeness (QED) is 0.822. The Bertz CT molecular complexity index is 359. The topological polar surface area (TPSA) is 64.8 Å². The summed E-state index contributed by atoms with van der Waals surface area (Å²) in [6.07, 6.45) is 0.680. The van der Waals surface area contributed by atoms with E-state index in [9.17, 15) is 4.79 Å². The number of hydrogen-bond donors (Lipinski definition) is 1. The number of nitrogens with two attached hydrogens (primary N) is 1. The lowest BCUT2D eigenvalue weighted by Gasteiger charge is -2.59. The average Bonchev–Trinajstić information content (AvgIpc) is 2.38. The molecule has 5 heteroatoms. The van der Waals surface area contributed by atoms with Crippen LogP contribution in [0.5, 0.6) is 0 Å². The molecule has 19 heavy (non-hydrogen) atoms. The van der Waals surface area contributed by atoms with E-state index in [1.54, 1.807) is 0 Å². The number of carbonyl (C=O) groups is 1. The fraction of sp³-hybridized carbons (Fsp3) is 0.929. The Balaban J connectivity index is 2.11. The first-order valence-corrected chi connectivity index (χ1v) is 7.14. The smallest absolute Gasteiger partial charge is 0.243 e. The molecule has 3 atom stereocenters. The van der Waals surface area contributed by atoms with Gasteiger partial charge in [-0.3, -0.25) is 4.79 Å². The van der Waals surface area contributed by atoms with Crippen LogP contribution >= 0.6 is 0 Å². The lowest BCUT2D eigenvalue weighted by molar-refractivity contribution is -0.184. The highest BCUT2D eigenvalue weighted by Gasteiger charge is 2.64. The Labute approximate surface area is 115 Å². The molecule has 1 amide bonds. The van der Waals surface area contributed by atoms with Gasteiger partial charge in [0, 0.05) is 25.0 Å². The molecule has 2 unspecified atom stereocenters. The van der Waals surface area contributed by atoms with Gasteiger partial charge in [0.25, 0.3) is 0 Å². The van der Waals surface area contributed by atoms with Gasteiger partial charge in [-0.05, 0) is 13.8 Å². The van der Waals surface area contributed by atoms with E-state index in [2.05, 4.69) is 0 Å². The van der Waals surface area contributed by atoms with Crippen molar-refractivity contribution in [3.05, 3.63) is 0 Å². The Hall–Kier alpha value is -0.650. The van der Waals surface area contributed by atoms with Crippen LogP contribution in [0, 0.1) is 5.41 Å². The summed E-state index contributed by atoms with van der Waals surface area (Å²) in [4.78, 5) is 14.6. The van der Waals surface area contributed by atoms with Gasteiger partial charge in [0.2, 0.25) is 5.91 Å². The second kappa shape index (κ2) is 5.04. The standard InChI is InChI=1S/C14H26N2O3/c1-5-19-11-8-14(15,13(11,3)4)12(17)16-6-7-18-9-10(16)2/h10-11H,5-9,15H2,1-4H3/t10-,11?,14?/m1/s1. The van der Waals surface area contributed by atoms with Crippen LogP contribution in [0.3, 0.4) is 0 Å². The number of rotatable bonds is 3. The van der Waals surface area contributed by atoms with Crippen molar-refractivity contribution in [1.29, 1.82) is 0 Å². The first kappa shape index (κ1) is 14.8. The van der Waals surface area contributed by atoms with E-state index in [1.165, 1.54) is 0 Å². The minimum absolute atomic E-state index is 0.0456. The van der Waals surface area contributed by atoms with Crippen molar-refractivity contribution in [2.24, 2.45) is 11.1 Å². The van der Waals surface area contributed by atoms with E-state index in [4.69, 9.17) is 15.2 Å². The molecular formula is C14H26N2O3. The van der Waals surface area contributed by atoms with Gasteiger partial charge >= 0.3 is 0 Å². The van der Waals surface area contributed by atoms with E-state index < -0.39 is 5.54 Å². The second-order valence-corrected chi connectivity index (χ2v) is 6.26. The number of amides is 1. The maximum atomic E-state index is 12.8. The molecule has 2 aliphatic rings. The summed E-state index contributed by atoms with van der Waals surface area (Å²) in [6.45, 7) is 10.5. The van der Waals surface area contributed by atoms with Gasteiger partial charge in [-0.2, -0.15) is 0 Å². The second-order valence-electron chi connectivity index (χ2n) is 6.26. The van der Waals surface area contributed by atoms with Gasteiger partial charge in [-0.15, -0.1) is 0 Å². The molecule has 1 saturated heterocycles. The van der Waals surface area contributed by atoms with E-state index in [0.717, 1.165) is 0 Å². The Kier molecular flexibility index (Phi) is 3.91. The molecule has 1 aliphatic heterocycles. The van der Waals surface area contributed by atoms with Crippen LogP contribution < -0.4 is 5.73 Å². The summed E-state index contributed by atoms with van der Waals surface area (Å²) in [6, 6.07) is 0.101. The zero-order chi connectivity index (χ0) is 14.3. The molecule has 0 spiro atoms. The predicted molar refractivity (Wildman–Crippen MR) is 72.7 cm³/mol. The van der Waals surface area contributed by atoms with Crippen LogP contribution in [-0.4, -0.2) is 54.9 Å². The Morgan fingerprint density at radius 2 is 2.21 bits per heavy atom. The first-order valence-electron chi connectivity index (χ1n) is 7.14. The molecule has 110 valence electrons. The molecule has 1 heterocycles. The number of ether oxygens (including phenoxy) is 2. The third-order valence-corrected chi connectivity index (χ3v) is 4.84. The van der Waals surface area contributed by atoms with Gasteiger partial charge in [0.1, 0.15) is 5.54 Å². The summed E-state index contributed by atoms with van der Waals surface area (Å²) in [5, 5.41) is 0. The minimum atomic E-state index is -0.807. The Morgan fingerprint density at radius 1 is 1.53 bits per heavy atom. The summed E-state index contributed by atoms with van der Waals surface area (Å²) in [5.41, 5.74) is 5.30. The van der Waals surface area contributed by atoms with E-state index in [-0.39, 0.29) is 23.5 Å². The van der Waals surface area contributed by atoms with Gasteiger partial charge < -0.3 is 20.1 Å². The van der Waals surface area contributed by atoms with Gasteiger partial charge in [0.15, 0.2) is 0 Å². The molecule has 0 aromatic rings. The Morgan fingerprint density at radius 3 is 2.74 bits per heavy atom. The molecule has 0 aromatic heterocycles. The van der Waals surface area contributed by atoms with Crippen LogP contribution in [0.25, 0.3) is 0 Å². The van der Waals surface area contributed by atoms with E-state index in [0.29, 0.717) is 32.8 Å². The normalized spacial score (nSPS) is 37.8. The molecule has 0 radical (unpaired) electrons. The summed E-state index contributed by atoms with van der Waals surface area (Å²) < 4.78 is 11.1. The highest BCUT2D eigenvalue weighted by atomic mass is 16.5. The van der Waals surface area contributed by atoms with Crippen molar-refractivity contribution in [1.82, 2.24) is 4.90 Å². The zero-order valence-corrected chi connectivity index (χ0v) is 12.4. The molecule has 2 N–H and O–H groups in total. The van der Waals surface area contributed by atoms with Crippen LogP contribution in [0.15, 0.2) is 0 Å². The third kappa shape index (κ3) is 2.18. The summed E-state index contributed by atoms with van der Waals surface area (Å²) in [7, 11) is 0. The molecule has 2 fully saturated rings. The van der Waals surface area contributed by atoms with E-state index >= 15 is 0 Å². The molecule has 1 aliphatic carbocycles. The van der Waals surface area contributed by atoms with Crippen LogP contribution in [0.4, 0.5) is 0 Å². The highest BCUT2D eigenvalue weighted by molar-refractivity contribution is 5.89. The molecule has 0 aromatic carbocycles. The summed E-state index contributed by atoms with van der Waals surface area (Å²) in [5.74, 6) is 0.0456. The van der Waals surface area contributed by atoms with Crippen molar-refractivity contribution in [3.8, 4) is 0 Å². The number of nitrogens with zero attached hydrogens (tertiary/aromatic N) is 1. The molecule has 0 bridgehead atoms. The van der Waals surface area contributed by atoms with Crippen molar-refractivity contribution in [2.75, 3.05) is 26.4 Å². The first-order chi connectivity index (χ1) is 8.84. The molecule has 5 nitrogen and oxygen atoms in total. The maximum Gasteiger partial charge on any atom is 0.243 e. The van der Waals surface area contributed by atoms with Crippen molar-refractivity contribution < 1.29 is 14.3 Å². The monoisotopic (exact) mass is 270 g/mol. The highest BCUT2D eigenvalue weighted by Crippen LogP contribution is 2.50. The number of hydrogen-bond acceptors (Lipinski definition) is 4. The van der Waals surface area contributed by atoms with E-state index in [1.807, 2.05) is 32.6 Å². The van der Waals surface area contributed by atoms with Crippen LogP contribution in [0.2, 0.25) is 0 Å². The van der Waals surface area contributed by atoms with Crippen molar-refractivity contribution >= 4 is 5.91 Å². The average molecular weight is 270 g/mol. The van der Waals surface area contributed by atoms with Crippen molar-refractivity contribution in [2.45, 2.75) is 51.8 Å². The van der Waals surface area contributed by atoms with Gasteiger partial charge in [0.05, 0.1) is 25.4 Å². The van der Waals surface area contributed by atoms with Crippen LogP contribution in [-0.2, 0) is 14.3 Å². The van der Waals surface area contributed by atoms with Crippen molar-refractivity contribution in [3.63, 3.8) is 0 Å². The zero-order valence-electron chi connectivity index (χ0n) is 12.4. The SMILES string of the molecule is CCOC1CC(N)(C(=O)N2CCOC[C@H]2C)C1(C)C. The maximum absolute atomic E-state index is 12.8. The molecular weight excluding hydrogens is 244 g/mol. The third-order valence-electron chi connectivity index (χ3n) is 4.84. The fourth-order valence-electron chi connectivity index (χ4n) is 3.08. The number of morpholine rings is 1. The summed E-state index contributed by atoms with van der Waals surface area (Å²) >= 11 is 0. The molecule has 2 rings (SSSR count). The largest absolute Gasteiger partial charge is 0.378 e. The number of carbonyl (C=O) groups excluding carboxylic acids is 1. The van der Waals surface area contributed by atoms with Gasteiger partial charge in [-0.25, -0.2) is 0 Å².